The van der Waals surface area contributed by atoms with E-state index in [0.717, 1.165) is 6.55 Å². The van der Waals surface area contributed by atoms with Gasteiger partial charge >= 0.3 is 35.8 Å². The maximum Gasteiger partial charge on any atom is 0.460 e. The van der Waals surface area contributed by atoms with Crippen molar-refractivity contribution in [3.63, 3.8) is 0 Å². The molecule has 0 amide bonds. The quantitative estimate of drug-likeness (QED) is 0.153. The third kappa shape index (κ3) is 6.95. The van der Waals surface area contributed by atoms with Crippen molar-refractivity contribution in [3.8, 4) is 0 Å². The zero-order chi connectivity index (χ0) is 29.2. The summed E-state index contributed by atoms with van der Waals surface area (Å²) in [6.45, 7) is 9.59. The molecule has 0 aliphatic heterocycles. The molecule has 0 spiro atoms. The van der Waals surface area contributed by atoms with Crippen molar-refractivity contribution in [2.24, 2.45) is 0 Å². The van der Waals surface area contributed by atoms with Crippen molar-refractivity contribution in [1.29, 1.82) is 0 Å². The van der Waals surface area contributed by atoms with Crippen LogP contribution >= 0.6 is 0 Å². The Labute approximate surface area is 210 Å². The van der Waals surface area contributed by atoms with Gasteiger partial charge in [0.15, 0.2) is 53.8 Å². The van der Waals surface area contributed by atoms with Gasteiger partial charge in [-0.15, -0.1) is 6.58 Å². The minimum atomic E-state index is -7.91. The van der Waals surface area contributed by atoms with E-state index < -0.39 is 95.1 Å². The molecule has 0 saturated carbocycles. The molecule has 0 aromatic rings. The Hall–Kier alpha value is 0.0113. The lowest BCUT2D eigenvalue weighted by molar-refractivity contribution is -0.440. The Bertz CT molecular complexity index is 740. The molecule has 0 radical (unpaired) electrons. The number of alkyl halides is 13. The Morgan fingerprint density at radius 1 is 0.750 bits per heavy atom. The van der Waals surface area contributed by atoms with Gasteiger partial charge in [-0.25, -0.2) is 0 Å². The average molecular weight is 659 g/mol. The van der Waals surface area contributed by atoms with Crippen LogP contribution in [0.3, 0.4) is 0 Å². The summed E-state index contributed by atoms with van der Waals surface area (Å²) in [6.07, 6.45) is -7.44. The molecule has 0 aromatic heterocycles. The van der Waals surface area contributed by atoms with Crippen LogP contribution in [-0.2, 0) is 12.3 Å². The van der Waals surface area contributed by atoms with Crippen LogP contribution in [0.15, 0.2) is 12.3 Å². The first kappa shape index (κ1) is 36.0. The summed E-state index contributed by atoms with van der Waals surface area (Å²) in [5, 5.41) is 0. The average Bonchev–Trinajstić information content (AvgIpc) is 2.73. The standard InChI is InChI=1S/C14H27F13O3Si6/c1-7-35(5)28-31-32-30-36(6,33-29-34(3)4)8(2)9(15,16)10(17,18)11(19,20)12(21,22)13(23,24)14(25,26)27/h7-8,34-35H,1,31-33H2,2-6H3. The van der Waals surface area contributed by atoms with E-state index in [-0.39, 0.29) is 0 Å². The molecule has 0 rings (SSSR count). The molecule has 0 aromatic carbocycles. The third-order valence-electron chi connectivity index (χ3n) is 5.35. The lowest BCUT2D eigenvalue weighted by Crippen LogP contribution is -2.72. The third-order valence-corrected chi connectivity index (χ3v) is 30.1. The molecule has 0 aliphatic carbocycles. The van der Waals surface area contributed by atoms with Crippen LogP contribution in [0.25, 0.3) is 0 Å². The van der Waals surface area contributed by atoms with Crippen LogP contribution in [0, 0.1) is 0 Å². The monoisotopic (exact) mass is 658 g/mol. The molecule has 0 bridgehead atoms. The van der Waals surface area contributed by atoms with Crippen molar-refractivity contribution in [1.82, 2.24) is 0 Å². The van der Waals surface area contributed by atoms with E-state index in [1.54, 1.807) is 19.6 Å². The highest BCUT2D eigenvalue weighted by Gasteiger charge is 2.91. The maximum atomic E-state index is 14.8. The van der Waals surface area contributed by atoms with Gasteiger partial charge in [0.25, 0.3) is 0 Å². The number of halogens is 13. The smallest absolute Gasteiger partial charge is 0.460 e. The highest BCUT2D eigenvalue weighted by Crippen LogP contribution is 2.62. The van der Waals surface area contributed by atoms with Gasteiger partial charge in [-0.2, -0.15) is 57.1 Å². The van der Waals surface area contributed by atoms with Crippen molar-refractivity contribution in [2.75, 3.05) is 0 Å². The number of hydrogen-bond donors (Lipinski definition) is 0. The fourth-order valence-electron chi connectivity index (χ4n) is 2.64. The van der Waals surface area contributed by atoms with Gasteiger partial charge in [0.2, 0.25) is 0 Å². The minimum Gasteiger partial charge on any atom is -0.463 e. The first-order valence-corrected chi connectivity index (χ1v) is 25.8. The van der Waals surface area contributed by atoms with E-state index in [1.807, 2.05) is 0 Å². The maximum absolute atomic E-state index is 14.8. The number of hydrogen-bond acceptors (Lipinski definition) is 3. The van der Waals surface area contributed by atoms with Crippen LogP contribution in [0.5, 0.6) is 0 Å². The molecule has 0 N–H and O–H groups in total. The number of rotatable bonds is 15. The summed E-state index contributed by atoms with van der Waals surface area (Å²) in [6, 6.07) is 0. The van der Waals surface area contributed by atoms with Crippen LogP contribution in [0.1, 0.15) is 6.92 Å². The van der Waals surface area contributed by atoms with Gasteiger partial charge < -0.3 is 12.3 Å². The van der Waals surface area contributed by atoms with Gasteiger partial charge in [0.05, 0.1) is 0 Å². The van der Waals surface area contributed by atoms with Crippen molar-refractivity contribution >= 4 is 53.8 Å². The minimum absolute atomic E-state index is 0.298. The highest BCUT2D eigenvalue weighted by atomic mass is 29.2. The predicted molar refractivity (Wildman–Crippen MR) is 123 cm³/mol. The summed E-state index contributed by atoms with van der Waals surface area (Å²) in [5.41, 5.74) is -1.38. The van der Waals surface area contributed by atoms with Crippen LogP contribution in [-0.4, -0.2) is 89.5 Å². The van der Waals surface area contributed by atoms with E-state index in [1.165, 1.54) is 5.70 Å². The lowest BCUT2D eigenvalue weighted by Gasteiger charge is -2.44. The van der Waals surface area contributed by atoms with E-state index in [2.05, 4.69) is 6.58 Å². The Kier molecular flexibility index (Phi) is 12.0. The SMILES string of the molecule is C=C[SiH](C)O[SiH2][SiH2]O[Si](C)([SiH2]O[SiH](C)C)C(C)C(F)(F)C(F)(F)C(F)(F)C(F)(F)C(F)(F)C(F)(F)F. The van der Waals surface area contributed by atoms with Gasteiger partial charge in [0, 0.05) is 5.54 Å². The normalized spacial score (nSPS) is 19.2. The Morgan fingerprint density at radius 2 is 1.19 bits per heavy atom. The second kappa shape index (κ2) is 12.0. The molecule has 0 heterocycles. The molecule has 36 heavy (non-hydrogen) atoms. The van der Waals surface area contributed by atoms with E-state index in [9.17, 15) is 57.1 Å². The van der Waals surface area contributed by atoms with Gasteiger partial charge in [-0.05, 0) is 26.2 Å². The van der Waals surface area contributed by atoms with Crippen molar-refractivity contribution < 1.29 is 69.4 Å². The first-order valence-electron chi connectivity index (χ1n) is 10.2. The van der Waals surface area contributed by atoms with Gasteiger partial charge in [-0.3, -0.25) is 0 Å². The second-order valence-corrected chi connectivity index (χ2v) is 28.4. The highest BCUT2D eigenvalue weighted by molar-refractivity contribution is 7.23. The van der Waals surface area contributed by atoms with Gasteiger partial charge in [0.1, 0.15) is 0 Å². The van der Waals surface area contributed by atoms with Crippen LogP contribution in [0.2, 0.25) is 31.7 Å². The van der Waals surface area contributed by atoms with Crippen LogP contribution < -0.4 is 0 Å². The fourth-order valence-corrected chi connectivity index (χ4v) is 33.7. The van der Waals surface area contributed by atoms with E-state index in [4.69, 9.17) is 12.3 Å². The predicted octanol–water partition coefficient (Wildman–Crippen LogP) is 3.47. The summed E-state index contributed by atoms with van der Waals surface area (Å²) >= 11 is 0. The lowest BCUT2D eigenvalue weighted by atomic mass is 9.93. The molecule has 0 aliphatic rings. The zero-order valence-corrected chi connectivity index (χ0v) is 27.3. The molecule has 22 heteroatoms. The van der Waals surface area contributed by atoms with Crippen molar-refractivity contribution in [2.45, 2.75) is 74.4 Å². The summed E-state index contributed by atoms with van der Waals surface area (Å²) in [4.78, 5) is 0. The molecule has 3 unspecified atom stereocenters. The van der Waals surface area contributed by atoms with Gasteiger partial charge in [-0.1, -0.05) is 12.6 Å². The Balaban J connectivity index is 6.37. The molecular formula is C14H27F13O3Si6. The second-order valence-electron chi connectivity index (χ2n) is 8.47. The fraction of sp³-hybridized carbons (Fsp3) is 0.857. The molecule has 216 valence electrons. The van der Waals surface area contributed by atoms with Crippen molar-refractivity contribution in [3.05, 3.63) is 12.3 Å². The molecular weight excluding hydrogens is 632 g/mol. The summed E-state index contributed by atoms with van der Waals surface area (Å²) < 4.78 is 193. The summed E-state index contributed by atoms with van der Waals surface area (Å²) in [5.74, 6) is -37.0. The molecule has 0 fully saturated rings. The van der Waals surface area contributed by atoms with Crippen LogP contribution in [0.4, 0.5) is 57.1 Å². The molecule has 3 nitrogen and oxygen atoms in total. The van der Waals surface area contributed by atoms with E-state index >= 15 is 0 Å². The zero-order valence-electron chi connectivity index (χ0n) is 19.8. The largest absolute Gasteiger partial charge is 0.463 e. The molecule has 3 atom stereocenters. The van der Waals surface area contributed by atoms with E-state index in [0.29, 0.717) is 6.92 Å². The first-order chi connectivity index (χ1) is 15.8. The molecule has 0 saturated heterocycles. The Morgan fingerprint density at radius 3 is 1.58 bits per heavy atom. The summed E-state index contributed by atoms with van der Waals surface area (Å²) in [7, 11) is -13.5. The topological polar surface area (TPSA) is 27.7 Å².